The second-order valence-electron chi connectivity index (χ2n) is 4.30. The number of nitrogens with two attached hydrogens (primary N) is 1. The van der Waals surface area contributed by atoms with Crippen molar-refractivity contribution in [3.05, 3.63) is 53.4 Å². The highest BCUT2D eigenvalue weighted by Crippen LogP contribution is 2.32. The SMILES string of the molecule is C=Nn1cccc(-c2cc(F)cc(C(F)(F)F)c2)c1=NCN. The van der Waals surface area contributed by atoms with Crippen LogP contribution in [0.25, 0.3) is 11.1 Å². The number of nitrogens with zero attached hydrogens (tertiary/aromatic N) is 3. The number of pyridine rings is 1. The summed E-state index contributed by atoms with van der Waals surface area (Å²) in [5.41, 5.74) is 4.77. The van der Waals surface area contributed by atoms with Crippen molar-refractivity contribution in [1.29, 1.82) is 0 Å². The molecule has 2 N–H and O–H groups in total. The summed E-state index contributed by atoms with van der Waals surface area (Å²) in [5, 5.41) is 3.67. The van der Waals surface area contributed by atoms with E-state index in [0.29, 0.717) is 6.07 Å². The summed E-state index contributed by atoms with van der Waals surface area (Å²) in [5.74, 6) is -0.995. The van der Waals surface area contributed by atoms with Gasteiger partial charge >= 0.3 is 6.18 Å². The minimum absolute atomic E-state index is 0.0255. The predicted molar refractivity (Wildman–Crippen MR) is 74.4 cm³/mol. The van der Waals surface area contributed by atoms with Crippen molar-refractivity contribution in [1.82, 2.24) is 4.68 Å². The molecule has 2 rings (SSSR count). The third kappa shape index (κ3) is 3.22. The molecule has 0 bridgehead atoms. The van der Waals surface area contributed by atoms with Gasteiger partial charge in [-0.1, -0.05) is 0 Å². The summed E-state index contributed by atoms with van der Waals surface area (Å²) in [7, 11) is 0. The molecule has 0 atom stereocenters. The number of hydrogen-bond donors (Lipinski definition) is 1. The van der Waals surface area contributed by atoms with Crippen LogP contribution in [0.15, 0.2) is 46.6 Å². The number of halogens is 4. The maximum absolute atomic E-state index is 13.5. The van der Waals surface area contributed by atoms with E-state index in [9.17, 15) is 17.6 Å². The summed E-state index contributed by atoms with van der Waals surface area (Å²) in [6.45, 7) is 3.24. The van der Waals surface area contributed by atoms with Crippen LogP contribution in [0.2, 0.25) is 0 Å². The quantitative estimate of drug-likeness (QED) is 0.687. The molecule has 2 aromatic rings. The lowest BCUT2D eigenvalue weighted by atomic mass is 10.0. The van der Waals surface area contributed by atoms with E-state index >= 15 is 0 Å². The van der Waals surface area contributed by atoms with Crippen LogP contribution in [0, 0.1) is 5.82 Å². The van der Waals surface area contributed by atoms with Crippen LogP contribution >= 0.6 is 0 Å². The second-order valence-corrected chi connectivity index (χ2v) is 4.30. The molecule has 0 aliphatic carbocycles. The fourth-order valence-corrected chi connectivity index (χ4v) is 1.98. The fourth-order valence-electron chi connectivity index (χ4n) is 1.98. The Morgan fingerprint density at radius 1 is 1.23 bits per heavy atom. The van der Waals surface area contributed by atoms with Crippen molar-refractivity contribution < 1.29 is 17.6 Å². The van der Waals surface area contributed by atoms with E-state index in [1.54, 1.807) is 0 Å². The minimum atomic E-state index is -4.65. The average Bonchev–Trinajstić information content (AvgIpc) is 2.46. The number of hydrogen-bond acceptors (Lipinski definition) is 3. The van der Waals surface area contributed by atoms with E-state index in [1.165, 1.54) is 23.0 Å². The molecule has 0 saturated heterocycles. The van der Waals surface area contributed by atoms with Gasteiger partial charge in [0.2, 0.25) is 0 Å². The first kappa shape index (κ1) is 15.9. The van der Waals surface area contributed by atoms with Gasteiger partial charge in [0.15, 0.2) is 5.49 Å². The third-order valence-corrected chi connectivity index (χ3v) is 2.88. The highest BCUT2D eigenvalue weighted by Gasteiger charge is 2.31. The largest absolute Gasteiger partial charge is 0.416 e. The maximum atomic E-state index is 13.5. The molecule has 4 nitrogen and oxygen atoms in total. The molecule has 1 aromatic heterocycles. The molecular weight excluding hydrogens is 300 g/mol. The van der Waals surface area contributed by atoms with E-state index < -0.39 is 17.6 Å². The van der Waals surface area contributed by atoms with Gasteiger partial charge in [0, 0.05) is 18.5 Å². The van der Waals surface area contributed by atoms with E-state index in [-0.39, 0.29) is 23.3 Å². The lowest BCUT2D eigenvalue weighted by molar-refractivity contribution is -0.137. The molecule has 0 amide bonds. The van der Waals surface area contributed by atoms with Crippen molar-refractivity contribution in [2.45, 2.75) is 6.18 Å². The van der Waals surface area contributed by atoms with Gasteiger partial charge in [0.25, 0.3) is 0 Å². The molecule has 0 aliphatic rings. The molecule has 0 fully saturated rings. The van der Waals surface area contributed by atoms with Crippen molar-refractivity contribution in [3.8, 4) is 11.1 Å². The van der Waals surface area contributed by atoms with Crippen LogP contribution in [0.4, 0.5) is 17.6 Å². The standard InChI is InChI=1S/C14H12F4N4/c1-20-22-4-2-3-12(13(22)21-8-19)9-5-10(14(16,17)18)7-11(15)6-9/h2-7H,1,8,19H2. The number of alkyl halides is 3. The van der Waals surface area contributed by atoms with Gasteiger partial charge in [-0.3, -0.25) is 4.99 Å². The first-order chi connectivity index (χ1) is 10.4. The Morgan fingerprint density at radius 2 is 1.95 bits per heavy atom. The molecule has 1 heterocycles. The lowest BCUT2D eigenvalue weighted by Crippen LogP contribution is -2.21. The molecule has 0 aliphatic heterocycles. The average molecular weight is 312 g/mol. The van der Waals surface area contributed by atoms with E-state index in [0.717, 1.165) is 12.1 Å². The topological polar surface area (TPSA) is 55.7 Å². The van der Waals surface area contributed by atoms with Crippen LogP contribution < -0.4 is 11.2 Å². The summed E-state index contributed by atoms with van der Waals surface area (Å²) in [4.78, 5) is 3.98. The maximum Gasteiger partial charge on any atom is 0.416 e. The Morgan fingerprint density at radius 3 is 2.55 bits per heavy atom. The second kappa shape index (κ2) is 6.10. The van der Waals surface area contributed by atoms with Gasteiger partial charge in [-0.05, 0) is 35.9 Å². The molecule has 22 heavy (non-hydrogen) atoms. The van der Waals surface area contributed by atoms with Crippen LogP contribution in [0.3, 0.4) is 0 Å². The number of rotatable bonds is 3. The van der Waals surface area contributed by atoms with E-state index in [2.05, 4.69) is 16.8 Å². The fraction of sp³-hybridized carbons (Fsp3) is 0.143. The Kier molecular flexibility index (Phi) is 4.41. The van der Waals surface area contributed by atoms with Crippen molar-refractivity contribution >= 4 is 6.72 Å². The monoisotopic (exact) mass is 312 g/mol. The summed E-state index contributed by atoms with van der Waals surface area (Å²) >= 11 is 0. The van der Waals surface area contributed by atoms with Gasteiger partial charge < -0.3 is 5.73 Å². The van der Waals surface area contributed by atoms with Gasteiger partial charge in [-0.25, -0.2) is 9.07 Å². The first-order valence-corrected chi connectivity index (χ1v) is 6.14. The highest BCUT2D eigenvalue weighted by molar-refractivity contribution is 5.63. The summed E-state index contributed by atoms with van der Waals surface area (Å²) < 4.78 is 53.2. The van der Waals surface area contributed by atoms with Crippen molar-refractivity contribution in [2.75, 3.05) is 6.67 Å². The van der Waals surface area contributed by atoms with Crippen molar-refractivity contribution in [2.24, 2.45) is 15.8 Å². The Bertz CT molecular complexity index is 762. The molecule has 0 unspecified atom stereocenters. The lowest BCUT2D eigenvalue weighted by Gasteiger charge is -2.11. The molecular formula is C14H12F4N4. The van der Waals surface area contributed by atoms with Crippen LogP contribution in [0.1, 0.15) is 5.56 Å². The van der Waals surface area contributed by atoms with Crippen LogP contribution in [-0.2, 0) is 6.18 Å². The Labute approximate surface area is 123 Å². The predicted octanol–water partition coefficient (Wildman–Crippen LogP) is 2.59. The zero-order valence-electron chi connectivity index (χ0n) is 11.3. The Hall–Kier alpha value is -2.48. The molecule has 116 valence electrons. The van der Waals surface area contributed by atoms with Crippen LogP contribution in [0.5, 0.6) is 0 Å². The summed E-state index contributed by atoms with van der Waals surface area (Å²) in [6.07, 6.45) is -3.14. The molecule has 1 aromatic carbocycles. The molecule has 0 radical (unpaired) electrons. The molecule has 0 saturated carbocycles. The van der Waals surface area contributed by atoms with E-state index in [4.69, 9.17) is 5.73 Å². The van der Waals surface area contributed by atoms with Gasteiger partial charge in [-0.2, -0.15) is 18.3 Å². The number of benzene rings is 1. The first-order valence-electron chi connectivity index (χ1n) is 6.14. The van der Waals surface area contributed by atoms with Gasteiger partial charge in [0.05, 0.1) is 12.2 Å². The smallest absolute Gasteiger partial charge is 0.312 e. The zero-order valence-corrected chi connectivity index (χ0v) is 11.3. The van der Waals surface area contributed by atoms with Gasteiger partial charge in [0.1, 0.15) is 5.82 Å². The normalized spacial score (nSPS) is 12.5. The molecule has 8 heteroatoms. The molecule has 0 spiro atoms. The third-order valence-electron chi connectivity index (χ3n) is 2.88. The van der Waals surface area contributed by atoms with Gasteiger partial charge in [-0.15, -0.1) is 0 Å². The minimum Gasteiger partial charge on any atom is -0.312 e. The van der Waals surface area contributed by atoms with Crippen molar-refractivity contribution in [3.63, 3.8) is 0 Å². The van der Waals surface area contributed by atoms with E-state index in [1.807, 2.05) is 0 Å². The summed E-state index contributed by atoms with van der Waals surface area (Å²) in [6, 6.07) is 5.32. The van der Waals surface area contributed by atoms with Crippen LogP contribution in [-0.4, -0.2) is 18.1 Å². The Balaban J connectivity index is 2.75. The zero-order chi connectivity index (χ0) is 16.3. The highest BCUT2D eigenvalue weighted by atomic mass is 19.4. The number of aromatic nitrogens is 1.